The Morgan fingerprint density at radius 3 is 2.25 bits per heavy atom. The molecule has 1 atom stereocenters. The predicted octanol–water partition coefficient (Wildman–Crippen LogP) is 3.75. The molecule has 16 heavy (non-hydrogen) atoms. The molecule has 0 saturated heterocycles. The molecule has 0 radical (unpaired) electrons. The van der Waals surface area contributed by atoms with Gasteiger partial charge >= 0.3 is 0 Å². The van der Waals surface area contributed by atoms with E-state index in [4.69, 9.17) is 15.9 Å². The summed E-state index contributed by atoms with van der Waals surface area (Å²) in [5.74, 6) is 2.46. The zero-order valence-corrected chi connectivity index (χ0v) is 10.8. The third-order valence-electron chi connectivity index (χ3n) is 2.66. The van der Waals surface area contributed by atoms with E-state index in [1.54, 1.807) is 7.11 Å². The van der Waals surface area contributed by atoms with Crippen molar-refractivity contribution in [2.45, 2.75) is 64.6 Å². The van der Waals surface area contributed by atoms with Gasteiger partial charge in [-0.1, -0.05) is 51.4 Å². The van der Waals surface area contributed by atoms with E-state index >= 15 is 0 Å². The minimum Gasteiger partial charge on any atom is -0.356 e. The van der Waals surface area contributed by atoms with E-state index in [1.165, 1.54) is 38.5 Å². The molecule has 0 rings (SSSR count). The minimum atomic E-state index is -0.119. The first-order valence-corrected chi connectivity index (χ1v) is 6.43. The summed E-state index contributed by atoms with van der Waals surface area (Å²) < 4.78 is 10.5. The smallest absolute Gasteiger partial charge is 0.158 e. The molecular formula is C14H26O2. The van der Waals surface area contributed by atoms with Crippen molar-refractivity contribution in [3.8, 4) is 12.3 Å². The Labute approximate surface area is 101 Å². The van der Waals surface area contributed by atoms with E-state index in [2.05, 4.69) is 12.8 Å². The van der Waals surface area contributed by atoms with Crippen molar-refractivity contribution in [1.29, 1.82) is 0 Å². The summed E-state index contributed by atoms with van der Waals surface area (Å²) in [5, 5.41) is 0. The number of ether oxygens (including phenoxy) is 2. The molecular weight excluding hydrogens is 200 g/mol. The molecule has 2 heteroatoms. The van der Waals surface area contributed by atoms with Crippen LogP contribution in [0.5, 0.6) is 0 Å². The first-order valence-electron chi connectivity index (χ1n) is 6.43. The van der Waals surface area contributed by atoms with Gasteiger partial charge in [-0.2, -0.15) is 0 Å². The van der Waals surface area contributed by atoms with Crippen molar-refractivity contribution < 1.29 is 9.47 Å². The first kappa shape index (κ1) is 15.5. The van der Waals surface area contributed by atoms with E-state index in [0.717, 1.165) is 12.8 Å². The molecule has 0 bridgehead atoms. The largest absolute Gasteiger partial charge is 0.356 e. The second-order valence-electron chi connectivity index (χ2n) is 4.09. The molecule has 0 aliphatic heterocycles. The lowest BCUT2D eigenvalue weighted by molar-refractivity contribution is -0.118. The van der Waals surface area contributed by atoms with E-state index < -0.39 is 0 Å². The third-order valence-corrected chi connectivity index (χ3v) is 2.66. The van der Waals surface area contributed by atoms with Gasteiger partial charge in [-0.05, 0) is 12.8 Å². The number of unbranched alkanes of at least 4 members (excludes halogenated alkanes) is 6. The molecule has 0 aromatic carbocycles. The summed E-state index contributed by atoms with van der Waals surface area (Å²) in [4.78, 5) is 0. The summed E-state index contributed by atoms with van der Waals surface area (Å²) in [6, 6.07) is 0. The molecule has 0 N–H and O–H groups in total. The monoisotopic (exact) mass is 226 g/mol. The zero-order valence-electron chi connectivity index (χ0n) is 10.8. The lowest BCUT2D eigenvalue weighted by atomic mass is 10.1. The maximum absolute atomic E-state index is 5.33. The van der Waals surface area contributed by atoms with Gasteiger partial charge in [0.05, 0.1) is 0 Å². The van der Waals surface area contributed by atoms with Gasteiger partial charge in [-0.25, -0.2) is 0 Å². The summed E-state index contributed by atoms with van der Waals surface area (Å²) in [5.41, 5.74) is 0. The Hall–Kier alpha value is -0.520. The van der Waals surface area contributed by atoms with Crippen LogP contribution < -0.4 is 0 Å². The van der Waals surface area contributed by atoms with E-state index in [-0.39, 0.29) is 6.29 Å². The Morgan fingerprint density at radius 1 is 1.06 bits per heavy atom. The topological polar surface area (TPSA) is 18.5 Å². The molecule has 0 amide bonds. The van der Waals surface area contributed by atoms with Crippen LogP contribution in [0.3, 0.4) is 0 Å². The number of hydrogen-bond donors (Lipinski definition) is 0. The van der Waals surface area contributed by atoms with Gasteiger partial charge in [-0.3, -0.25) is 0 Å². The highest BCUT2D eigenvalue weighted by atomic mass is 16.7. The minimum absolute atomic E-state index is 0.119. The molecule has 94 valence electrons. The standard InChI is InChI=1S/C14H26O2/c1-4-6-7-8-9-10-11-12-14(15-3)16-13-5-2/h2,14H,4,6-13H2,1,3H3. The van der Waals surface area contributed by atoms with E-state index in [1.807, 2.05) is 0 Å². The SMILES string of the molecule is C#CCOC(CCCCCCCCC)OC. The van der Waals surface area contributed by atoms with Gasteiger partial charge in [0.25, 0.3) is 0 Å². The van der Waals surface area contributed by atoms with Crippen LogP contribution >= 0.6 is 0 Å². The van der Waals surface area contributed by atoms with Gasteiger partial charge in [-0.15, -0.1) is 6.42 Å². The fourth-order valence-corrected chi connectivity index (χ4v) is 1.68. The summed E-state index contributed by atoms with van der Waals surface area (Å²) >= 11 is 0. The second-order valence-corrected chi connectivity index (χ2v) is 4.09. The maximum Gasteiger partial charge on any atom is 0.158 e. The Balaban J connectivity index is 3.24. The first-order chi connectivity index (χ1) is 7.85. The molecule has 0 saturated carbocycles. The predicted molar refractivity (Wildman–Crippen MR) is 68.2 cm³/mol. The number of methoxy groups -OCH3 is 1. The Morgan fingerprint density at radius 2 is 1.69 bits per heavy atom. The molecule has 0 spiro atoms. The van der Waals surface area contributed by atoms with Crippen molar-refractivity contribution in [3.05, 3.63) is 0 Å². The lowest BCUT2D eigenvalue weighted by Crippen LogP contribution is -2.15. The quantitative estimate of drug-likeness (QED) is 0.303. The average molecular weight is 226 g/mol. The number of hydrogen-bond acceptors (Lipinski definition) is 2. The van der Waals surface area contributed by atoms with Gasteiger partial charge in [0.1, 0.15) is 6.61 Å². The zero-order chi connectivity index (χ0) is 12.1. The number of rotatable bonds is 11. The van der Waals surface area contributed by atoms with Crippen LogP contribution in [0.4, 0.5) is 0 Å². The highest BCUT2D eigenvalue weighted by Gasteiger charge is 2.05. The Kier molecular flexibility index (Phi) is 12.1. The average Bonchev–Trinajstić information content (AvgIpc) is 2.32. The molecule has 0 aromatic rings. The third kappa shape index (κ3) is 10.0. The summed E-state index contributed by atoms with van der Waals surface area (Å²) in [7, 11) is 1.67. The van der Waals surface area contributed by atoms with Crippen LogP contribution in [0.1, 0.15) is 58.3 Å². The lowest BCUT2D eigenvalue weighted by Gasteiger charge is -2.14. The van der Waals surface area contributed by atoms with Crippen molar-refractivity contribution in [2.24, 2.45) is 0 Å². The van der Waals surface area contributed by atoms with Crippen molar-refractivity contribution in [1.82, 2.24) is 0 Å². The fourth-order valence-electron chi connectivity index (χ4n) is 1.68. The van der Waals surface area contributed by atoms with Crippen LogP contribution in [-0.2, 0) is 9.47 Å². The molecule has 2 nitrogen and oxygen atoms in total. The van der Waals surface area contributed by atoms with E-state index in [9.17, 15) is 0 Å². The van der Waals surface area contributed by atoms with Gasteiger partial charge in [0.2, 0.25) is 0 Å². The fraction of sp³-hybridized carbons (Fsp3) is 0.857. The van der Waals surface area contributed by atoms with Gasteiger partial charge in [0, 0.05) is 7.11 Å². The van der Waals surface area contributed by atoms with Crippen molar-refractivity contribution in [3.63, 3.8) is 0 Å². The molecule has 0 aliphatic rings. The molecule has 1 unspecified atom stereocenters. The van der Waals surface area contributed by atoms with E-state index in [0.29, 0.717) is 6.61 Å². The van der Waals surface area contributed by atoms with Crippen molar-refractivity contribution >= 4 is 0 Å². The van der Waals surface area contributed by atoms with Crippen LogP contribution in [0, 0.1) is 12.3 Å². The molecule has 0 fully saturated rings. The normalized spacial score (nSPS) is 12.3. The summed E-state index contributed by atoms with van der Waals surface area (Å²) in [6.45, 7) is 2.58. The van der Waals surface area contributed by atoms with Crippen LogP contribution in [0.2, 0.25) is 0 Å². The highest BCUT2D eigenvalue weighted by Crippen LogP contribution is 2.11. The van der Waals surface area contributed by atoms with Crippen LogP contribution in [-0.4, -0.2) is 20.0 Å². The molecule has 0 aliphatic carbocycles. The second kappa shape index (κ2) is 12.5. The van der Waals surface area contributed by atoms with Crippen LogP contribution in [0.15, 0.2) is 0 Å². The van der Waals surface area contributed by atoms with Crippen LogP contribution in [0.25, 0.3) is 0 Å². The Bertz CT molecular complexity index is 172. The summed E-state index contributed by atoms with van der Waals surface area (Å²) in [6.07, 6.45) is 15.1. The molecule has 0 heterocycles. The van der Waals surface area contributed by atoms with Gasteiger partial charge < -0.3 is 9.47 Å². The molecule has 0 aromatic heterocycles. The van der Waals surface area contributed by atoms with Crippen molar-refractivity contribution in [2.75, 3.05) is 13.7 Å². The maximum atomic E-state index is 5.33. The number of terminal acetylenes is 1. The van der Waals surface area contributed by atoms with Gasteiger partial charge in [0.15, 0.2) is 6.29 Å². The highest BCUT2D eigenvalue weighted by molar-refractivity contribution is 4.83.